The van der Waals surface area contributed by atoms with Gasteiger partial charge in [0.25, 0.3) is 5.91 Å². The minimum absolute atomic E-state index is 0.110. The predicted molar refractivity (Wildman–Crippen MR) is 108 cm³/mol. The van der Waals surface area contributed by atoms with Gasteiger partial charge in [0.1, 0.15) is 19.0 Å². The van der Waals surface area contributed by atoms with Crippen molar-refractivity contribution in [1.82, 2.24) is 9.88 Å². The number of nitrogens with zero attached hydrogens (tertiary/aromatic N) is 2. The standard InChI is InChI=1S/C21H22N2O4S/c1-23(10-11-26-18-6-4-3-5-7-18)21(24)16-8-9-19(20(12-16)25-2)27-13-17-14-28-15-22-17/h3-9,12,14-15H,10-11,13H2,1-2H3. The lowest BCUT2D eigenvalue weighted by Gasteiger charge is -2.18. The monoisotopic (exact) mass is 398 g/mol. The molecule has 0 bridgehead atoms. The summed E-state index contributed by atoms with van der Waals surface area (Å²) in [7, 11) is 3.30. The molecule has 1 heterocycles. The fourth-order valence-electron chi connectivity index (χ4n) is 2.52. The number of carbonyl (C=O) groups is 1. The zero-order valence-electron chi connectivity index (χ0n) is 15.8. The Hall–Kier alpha value is -3.06. The molecule has 0 saturated heterocycles. The van der Waals surface area contributed by atoms with Crippen molar-refractivity contribution in [2.75, 3.05) is 27.3 Å². The molecule has 1 amide bonds. The average Bonchev–Trinajstić information content (AvgIpc) is 3.26. The molecule has 3 aromatic rings. The number of benzene rings is 2. The quantitative estimate of drug-likeness (QED) is 0.547. The van der Waals surface area contributed by atoms with E-state index < -0.39 is 0 Å². The van der Waals surface area contributed by atoms with Crippen LogP contribution in [0.25, 0.3) is 0 Å². The van der Waals surface area contributed by atoms with Crippen molar-refractivity contribution in [1.29, 1.82) is 0 Å². The highest BCUT2D eigenvalue weighted by Crippen LogP contribution is 2.29. The predicted octanol–water partition coefficient (Wildman–Crippen LogP) is 3.88. The van der Waals surface area contributed by atoms with Crippen molar-refractivity contribution in [3.8, 4) is 17.2 Å². The smallest absolute Gasteiger partial charge is 0.253 e. The maximum Gasteiger partial charge on any atom is 0.253 e. The lowest BCUT2D eigenvalue weighted by atomic mass is 10.1. The summed E-state index contributed by atoms with van der Waals surface area (Å²) in [5, 5.41) is 1.93. The molecule has 0 fully saturated rings. The molecule has 0 aliphatic heterocycles. The van der Waals surface area contributed by atoms with Gasteiger partial charge < -0.3 is 19.1 Å². The molecule has 0 spiro atoms. The molecule has 7 heteroatoms. The fourth-order valence-corrected chi connectivity index (χ4v) is 3.06. The van der Waals surface area contributed by atoms with Gasteiger partial charge in [-0.2, -0.15) is 0 Å². The molecular weight excluding hydrogens is 376 g/mol. The van der Waals surface area contributed by atoms with Crippen LogP contribution in [0.1, 0.15) is 16.1 Å². The molecule has 3 rings (SSSR count). The maximum atomic E-state index is 12.7. The Morgan fingerprint density at radius 3 is 2.64 bits per heavy atom. The van der Waals surface area contributed by atoms with E-state index >= 15 is 0 Å². The molecule has 1 aromatic heterocycles. The van der Waals surface area contributed by atoms with Crippen LogP contribution in [-0.2, 0) is 6.61 Å². The topological polar surface area (TPSA) is 60.9 Å². The second-order valence-corrected chi connectivity index (χ2v) is 6.74. The minimum Gasteiger partial charge on any atom is -0.493 e. The number of rotatable bonds is 9. The van der Waals surface area contributed by atoms with E-state index in [1.165, 1.54) is 11.3 Å². The van der Waals surface area contributed by atoms with E-state index in [1.54, 1.807) is 42.8 Å². The van der Waals surface area contributed by atoms with E-state index in [0.29, 0.717) is 36.8 Å². The number of para-hydroxylation sites is 1. The molecule has 0 aliphatic rings. The number of aromatic nitrogens is 1. The van der Waals surface area contributed by atoms with Gasteiger partial charge in [-0.15, -0.1) is 11.3 Å². The maximum absolute atomic E-state index is 12.7. The Bertz CT molecular complexity index is 885. The number of carbonyl (C=O) groups excluding carboxylic acids is 1. The summed E-state index contributed by atoms with van der Waals surface area (Å²) in [5.74, 6) is 1.75. The van der Waals surface area contributed by atoms with Crippen molar-refractivity contribution in [2.24, 2.45) is 0 Å². The van der Waals surface area contributed by atoms with Crippen LogP contribution in [0.3, 0.4) is 0 Å². The van der Waals surface area contributed by atoms with Crippen molar-refractivity contribution in [2.45, 2.75) is 6.61 Å². The summed E-state index contributed by atoms with van der Waals surface area (Å²) in [6.07, 6.45) is 0. The molecular formula is C21H22N2O4S. The molecule has 0 radical (unpaired) electrons. The van der Waals surface area contributed by atoms with Crippen LogP contribution in [0, 0.1) is 0 Å². The first-order valence-corrected chi connectivity index (χ1v) is 9.73. The number of hydrogen-bond donors (Lipinski definition) is 0. The van der Waals surface area contributed by atoms with E-state index in [1.807, 2.05) is 35.7 Å². The van der Waals surface area contributed by atoms with Crippen molar-refractivity contribution in [3.05, 3.63) is 70.7 Å². The van der Waals surface area contributed by atoms with Gasteiger partial charge in [0.2, 0.25) is 0 Å². The van der Waals surface area contributed by atoms with Crippen LogP contribution in [-0.4, -0.2) is 43.1 Å². The largest absolute Gasteiger partial charge is 0.493 e. The summed E-state index contributed by atoms with van der Waals surface area (Å²) in [5.41, 5.74) is 3.14. The molecule has 0 atom stereocenters. The molecule has 0 N–H and O–H groups in total. The number of thiazole rings is 1. The molecule has 146 valence electrons. The second kappa shape index (κ2) is 9.75. The van der Waals surface area contributed by atoms with Gasteiger partial charge in [-0.3, -0.25) is 4.79 Å². The summed E-state index contributed by atoms with van der Waals surface area (Å²) in [4.78, 5) is 18.5. The van der Waals surface area contributed by atoms with Crippen LogP contribution in [0.4, 0.5) is 0 Å². The third kappa shape index (κ3) is 5.23. The molecule has 2 aromatic carbocycles. The van der Waals surface area contributed by atoms with E-state index in [-0.39, 0.29) is 5.91 Å². The molecule has 0 aliphatic carbocycles. The molecule has 6 nitrogen and oxygen atoms in total. The zero-order valence-corrected chi connectivity index (χ0v) is 16.6. The Balaban J connectivity index is 1.57. The first-order valence-electron chi connectivity index (χ1n) is 8.78. The highest BCUT2D eigenvalue weighted by molar-refractivity contribution is 7.07. The van der Waals surface area contributed by atoms with Crippen LogP contribution in [0.2, 0.25) is 0 Å². The lowest BCUT2D eigenvalue weighted by molar-refractivity contribution is 0.0773. The van der Waals surface area contributed by atoms with Crippen LogP contribution >= 0.6 is 11.3 Å². The molecule has 0 unspecified atom stereocenters. The Morgan fingerprint density at radius 2 is 1.93 bits per heavy atom. The fraction of sp³-hybridized carbons (Fsp3) is 0.238. The van der Waals surface area contributed by atoms with Gasteiger partial charge in [-0.1, -0.05) is 18.2 Å². The third-order valence-corrected chi connectivity index (χ3v) is 4.69. The van der Waals surface area contributed by atoms with Gasteiger partial charge in [0, 0.05) is 18.0 Å². The van der Waals surface area contributed by atoms with Gasteiger partial charge >= 0.3 is 0 Å². The van der Waals surface area contributed by atoms with E-state index in [2.05, 4.69) is 4.98 Å². The van der Waals surface area contributed by atoms with Crippen LogP contribution in [0.15, 0.2) is 59.4 Å². The van der Waals surface area contributed by atoms with E-state index in [0.717, 1.165) is 11.4 Å². The number of ether oxygens (including phenoxy) is 3. The van der Waals surface area contributed by atoms with E-state index in [4.69, 9.17) is 14.2 Å². The van der Waals surface area contributed by atoms with Gasteiger partial charge in [-0.05, 0) is 30.3 Å². The highest BCUT2D eigenvalue weighted by atomic mass is 32.1. The van der Waals surface area contributed by atoms with Gasteiger partial charge in [-0.25, -0.2) is 4.98 Å². The van der Waals surface area contributed by atoms with Gasteiger partial charge in [0.15, 0.2) is 11.5 Å². The second-order valence-electron chi connectivity index (χ2n) is 6.02. The first-order chi connectivity index (χ1) is 13.7. The Labute approximate surface area is 168 Å². The average molecular weight is 398 g/mol. The van der Waals surface area contributed by atoms with Crippen molar-refractivity contribution < 1.29 is 19.0 Å². The van der Waals surface area contributed by atoms with E-state index in [9.17, 15) is 4.79 Å². The van der Waals surface area contributed by atoms with Gasteiger partial charge in [0.05, 0.1) is 24.9 Å². The normalized spacial score (nSPS) is 10.4. The molecule has 28 heavy (non-hydrogen) atoms. The van der Waals surface area contributed by atoms with Crippen molar-refractivity contribution in [3.63, 3.8) is 0 Å². The first kappa shape index (κ1) is 19.7. The molecule has 0 saturated carbocycles. The minimum atomic E-state index is -0.110. The zero-order chi connectivity index (χ0) is 19.8. The third-order valence-electron chi connectivity index (χ3n) is 4.05. The number of methoxy groups -OCH3 is 1. The Morgan fingerprint density at radius 1 is 1.11 bits per heavy atom. The summed E-state index contributed by atoms with van der Waals surface area (Å²) < 4.78 is 16.8. The lowest BCUT2D eigenvalue weighted by Crippen LogP contribution is -2.30. The SMILES string of the molecule is COc1cc(C(=O)N(C)CCOc2ccccc2)ccc1OCc1cscn1. The van der Waals surface area contributed by atoms with Crippen molar-refractivity contribution >= 4 is 17.2 Å². The van der Waals surface area contributed by atoms with Crippen LogP contribution < -0.4 is 14.2 Å². The summed E-state index contributed by atoms with van der Waals surface area (Å²) in [6.45, 7) is 1.24. The number of likely N-dealkylation sites (N-methyl/N-ethyl adjacent to an activating group) is 1. The highest BCUT2D eigenvalue weighted by Gasteiger charge is 2.15. The van der Waals surface area contributed by atoms with Crippen LogP contribution in [0.5, 0.6) is 17.2 Å². The Kier molecular flexibility index (Phi) is 6.86. The summed E-state index contributed by atoms with van der Waals surface area (Å²) >= 11 is 1.52. The number of amides is 1. The summed E-state index contributed by atoms with van der Waals surface area (Å²) in [6, 6.07) is 14.7. The number of hydrogen-bond acceptors (Lipinski definition) is 6.